The van der Waals surface area contributed by atoms with Gasteiger partial charge < -0.3 is 4.74 Å². The predicted molar refractivity (Wildman–Crippen MR) is 77.8 cm³/mol. The van der Waals surface area contributed by atoms with Gasteiger partial charge in [0.25, 0.3) is 0 Å². The summed E-state index contributed by atoms with van der Waals surface area (Å²) in [5.41, 5.74) is -0.122. The topological polar surface area (TPSA) is 35.0 Å². The van der Waals surface area contributed by atoms with Crippen LogP contribution in [0.3, 0.4) is 0 Å². The van der Waals surface area contributed by atoms with Crippen LogP contribution in [0.15, 0.2) is 6.07 Å². The fourth-order valence-electron chi connectivity index (χ4n) is 2.45. The van der Waals surface area contributed by atoms with Crippen LogP contribution in [-0.4, -0.2) is 16.1 Å². The van der Waals surface area contributed by atoms with Crippen LogP contribution in [0.2, 0.25) is 5.15 Å². The maximum absolute atomic E-state index is 6.07. The van der Waals surface area contributed by atoms with Crippen LogP contribution in [-0.2, 0) is 5.41 Å². The fraction of sp³-hybridized carbons (Fsp3) is 0.733. The van der Waals surface area contributed by atoms with Gasteiger partial charge >= 0.3 is 0 Å². The van der Waals surface area contributed by atoms with Gasteiger partial charge in [0, 0.05) is 11.5 Å². The minimum absolute atomic E-state index is 0.122. The van der Waals surface area contributed by atoms with E-state index in [1.54, 1.807) is 6.07 Å². The average Bonchev–Trinajstić information content (AvgIpc) is 2.26. The summed E-state index contributed by atoms with van der Waals surface area (Å²) in [6.45, 7) is 8.50. The maximum atomic E-state index is 6.07. The van der Waals surface area contributed by atoms with Crippen LogP contribution in [0.25, 0.3) is 0 Å². The van der Waals surface area contributed by atoms with Crippen molar-refractivity contribution in [2.45, 2.75) is 64.9 Å². The zero-order chi connectivity index (χ0) is 14.0. The molecule has 2 rings (SSSR count). The highest BCUT2D eigenvalue weighted by molar-refractivity contribution is 6.29. The molecule has 4 heteroatoms. The number of nitrogens with zero attached hydrogens (tertiary/aromatic N) is 2. The lowest BCUT2D eigenvalue weighted by atomic mass is 9.89. The van der Waals surface area contributed by atoms with Crippen molar-refractivity contribution in [1.82, 2.24) is 9.97 Å². The molecule has 2 atom stereocenters. The number of halogens is 1. The number of rotatable bonds is 2. The first-order valence-electron chi connectivity index (χ1n) is 7.06. The smallest absolute Gasteiger partial charge is 0.218 e. The van der Waals surface area contributed by atoms with E-state index in [1.165, 1.54) is 12.8 Å². The van der Waals surface area contributed by atoms with E-state index in [0.717, 1.165) is 24.6 Å². The Morgan fingerprint density at radius 2 is 2.00 bits per heavy atom. The van der Waals surface area contributed by atoms with E-state index >= 15 is 0 Å². The molecule has 2 unspecified atom stereocenters. The Labute approximate surface area is 120 Å². The molecule has 0 aromatic carbocycles. The predicted octanol–water partition coefficient (Wildman–Crippen LogP) is 4.39. The molecule has 0 bridgehead atoms. The Kier molecular flexibility index (Phi) is 4.34. The van der Waals surface area contributed by atoms with Gasteiger partial charge in [0.2, 0.25) is 5.88 Å². The zero-order valence-electron chi connectivity index (χ0n) is 12.2. The van der Waals surface area contributed by atoms with Gasteiger partial charge in [-0.1, -0.05) is 45.7 Å². The third-order valence-electron chi connectivity index (χ3n) is 3.52. The van der Waals surface area contributed by atoms with Crippen molar-refractivity contribution in [3.05, 3.63) is 17.0 Å². The highest BCUT2D eigenvalue weighted by Crippen LogP contribution is 2.28. The van der Waals surface area contributed by atoms with Gasteiger partial charge in [0.05, 0.1) is 0 Å². The van der Waals surface area contributed by atoms with Crippen molar-refractivity contribution >= 4 is 11.6 Å². The second kappa shape index (κ2) is 5.66. The lowest BCUT2D eigenvalue weighted by molar-refractivity contribution is 0.123. The molecule has 1 aromatic heterocycles. The van der Waals surface area contributed by atoms with Crippen molar-refractivity contribution in [1.29, 1.82) is 0 Å². The van der Waals surface area contributed by atoms with Crippen LogP contribution in [0, 0.1) is 5.92 Å². The molecule has 0 saturated heterocycles. The lowest BCUT2D eigenvalue weighted by Crippen LogP contribution is -2.25. The first-order valence-corrected chi connectivity index (χ1v) is 7.44. The fourth-order valence-corrected chi connectivity index (χ4v) is 2.62. The minimum atomic E-state index is -0.122. The molecule has 0 N–H and O–H groups in total. The first-order chi connectivity index (χ1) is 8.84. The van der Waals surface area contributed by atoms with E-state index in [9.17, 15) is 0 Å². The van der Waals surface area contributed by atoms with Crippen molar-refractivity contribution in [3.63, 3.8) is 0 Å². The molecule has 19 heavy (non-hydrogen) atoms. The van der Waals surface area contributed by atoms with E-state index in [-0.39, 0.29) is 11.5 Å². The summed E-state index contributed by atoms with van der Waals surface area (Å²) in [4.78, 5) is 8.79. The normalized spacial score (nSPS) is 24.3. The molecule has 1 aromatic rings. The Morgan fingerprint density at radius 3 is 2.63 bits per heavy atom. The summed E-state index contributed by atoms with van der Waals surface area (Å²) in [5.74, 6) is 2.08. The summed E-state index contributed by atoms with van der Waals surface area (Å²) in [6.07, 6.45) is 5.01. The van der Waals surface area contributed by atoms with Gasteiger partial charge in [0.1, 0.15) is 17.1 Å². The van der Waals surface area contributed by atoms with Gasteiger partial charge in [-0.3, -0.25) is 0 Å². The van der Waals surface area contributed by atoms with Crippen molar-refractivity contribution in [3.8, 4) is 5.88 Å². The van der Waals surface area contributed by atoms with Gasteiger partial charge in [-0.25, -0.2) is 4.98 Å². The molecule has 0 radical (unpaired) electrons. The lowest BCUT2D eigenvalue weighted by Gasteiger charge is -2.27. The van der Waals surface area contributed by atoms with Crippen LogP contribution < -0.4 is 4.74 Å². The second-order valence-electron chi connectivity index (χ2n) is 6.61. The molecule has 3 nitrogen and oxygen atoms in total. The zero-order valence-corrected chi connectivity index (χ0v) is 13.0. The van der Waals surface area contributed by atoms with Gasteiger partial charge in [-0.15, -0.1) is 0 Å². The van der Waals surface area contributed by atoms with Crippen molar-refractivity contribution < 1.29 is 4.74 Å². The van der Waals surface area contributed by atoms with Crippen LogP contribution in [0.5, 0.6) is 5.88 Å². The van der Waals surface area contributed by atoms with E-state index in [4.69, 9.17) is 16.3 Å². The van der Waals surface area contributed by atoms with Gasteiger partial charge in [-0.05, 0) is 25.2 Å². The standard InChI is InChI=1S/C15H23ClN2O/c1-10-6-5-7-11(8-10)19-13-9-12(16)17-14(18-13)15(2,3)4/h9-11H,5-8H2,1-4H3. The summed E-state index contributed by atoms with van der Waals surface area (Å²) < 4.78 is 6.01. The average molecular weight is 283 g/mol. The van der Waals surface area contributed by atoms with E-state index in [2.05, 4.69) is 37.7 Å². The molecule has 1 aliphatic carbocycles. The third kappa shape index (κ3) is 4.07. The number of ether oxygens (including phenoxy) is 1. The Hall–Kier alpha value is -0.830. The third-order valence-corrected chi connectivity index (χ3v) is 3.71. The number of hydrogen-bond donors (Lipinski definition) is 0. The van der Waals surface area contributed by atoms with E-state index < -0.39 is 0 Å². The molecule has 1 heterocycles. The summed E-state index contributed by atoms with van der Waals surface area (Å²) >= 11 is 6.07. The first kappa shape index (κ1) is 14.6. The molecule has 1 aliphatic rings. The van der Waals surface area contributed by atoms with E-state index in [0.29, 0.717) is 11.0 Å². The molecular formula is C15H23ClN2O. The van der Waals surface area contributed by atoms with Crippen molar-refractivity contribution in [2.75, 3.05) is 0 Å². The summed E-state index contributed by atoms with van der Waals surface area (Å²) in [5, 5.41) is 0.457. The minimum Gasteiger partial charge on any atom is -0.474 e. The molecular weight excluding hydrogens is 260 g/mol. The summed E-state index contributed by atoms with van der Waals surface area (Å²) in [7, 11) is 0. The molecule has 0 spiro atoms. The summed E-state index contributed by atoms with van der Waals surface area (Å²) in [6, 6.07) is 1.72. The van der Waals surface area contributed by atoms with E-state index in [1.807, 2.05) is 0 Å². The Balaban J connectivity index is 2.14. The monoisotopic (exact) mass is 282 g/mol. The Morgan fingerprint density at radius 1 is 1.26 bits per heavy atom. The Bertz CT molecular complexity index is 442. The second-order valence-corrected chi connectivity index (χ2v) is 7.00. The van der Waals surface area contributed by atoms with Gasteiger partial charge in [-0.2, -0.15) is 4.98 Å². The van der Waals surface area contributed by atoms with Gasteiger partial charge in [0.15, 0.2) is 0 Å². The van der Waals surface area contributed by atoms with Crippen LogP contribution >= 0.6 is 11.6 Å². The maximum Gasteiger partial charge on any atom is 0.218 e. The van der Waals surface area contributed by atoms with Crippen LogP contribution in [0.1, 0.15) is 59.2 Å². The molecule has 1 saturated carbocycles. The highest BCUT2D eigenvalue weighted by Gasteiger charge is 2.23. The van der Waals surface area contributed by atoms with Crippen LogP contribution in [0.4, 0.5) is 0 Å². The quantitative estimate of drug-likeness (QED) is 0.755. The SMILES string of the molecule is CC1CCCC(Oc2cc(Cl)nc(C(C)(C)C)n2)C1. The highest BCUT2D eigenvalue weighted by atomic mass is 35.5. The van der Waals surface area contributed by atoms with Crippen molar-refractivity contribution in [2.24, 2.45) is 5.92 Å². The number of hydrogen-bond acceptors (Lipinski definition) is 3. The molecule has 0 aliphatic heterocycles. The largest absolute Gasteiger partial charge is 0.474 e. The molecule has 1 fully saturated rings. The number of aromatic nitrogens is 2. The molecule has 106 valence electrons. The molecule has 0 amide bonds.